The zero-order chi connectivity index (χ0) is 17.0. The zero-order valence-electron chi connectivity index (χ0n) is 13.4. The lowest BCUT2D eigenvalue weighted by atomic mass is 9.93. The van der Waals surface area contributed by atoms with Crippen LogP contribution < -0.4 is 5.32 Å². The number of thiazole rings is 1. The molecule has 2 atom stereocenters. The molecule has 2 rings (SSSR count). The van der Waals surface area contributed by atoms with Gasteiger partial charge in [0.05, 0.1) is 17.4 Å². The van der Waals surface area contributed by atoms with Crippen molar-refractivity contribution in [1.82, 2.24) is 15.2 Å². The van der Waals surface area contributed by atoms with E-state index in [2.05, 4.69) is 10.3 Å². The molecule has 1 N–H and O–H groups in total. The molecule has 9 heteroatoms. The van der Waals surface area contributed by atoms with E-state index in [4.69, 9.17) is 16.3 Å². The van der Waals surface area contributed by atoms with Gasteiger partial charge in [-0.15, -0.1) is 11.3 Å². The normalized spacial score (nSPS) is 21.7. The van der Waals surface area contributed by atoms with E-state index < -0.39 is 0 Å². The first-order chi connectivity index (χ1) is 11.0. The summed E-state index contributed by atoms with van der Waals surface area (Å²) in [4.78, 5) is 18.2. The van der Waals surface area contributed by atoms with Crippen molar-refractivity contribution in [2.24, 2.45) is 5.92 Å². The molecule has 1 aromatic rings. The highest BCUT2D eigenvalue weighted by molar-refractivity contribution is 7.15. The summed E-state index contributed by atoms with van der Waals surface area (Å²) in [7, 11) is 1.64. The topological polar surface area (TPSA) is 80.5 Å². The Morgan fingerprint density at radius 2 is 2.35 bits per heavy atom. The van der Waals surface area contributed by atoms with E-state index in [-0.39, 0.29) is 22.8 Å². The molecule has 1 aromatic heterocycles. The lowest BCUT2D eigenvalue weighted by Crippen LogP contribution is -2.47. The predicted molar refractivity (Wildman–Crippen MR) is 89.6 cm³/mol. The third-order valence-electron chi connectivity index (χ3n) is 4.01. The van der Waals surface area contributed by atoms with Gasteiger partial charge in [0, 0.05) is 31.1 Å². The highest BCUT2D eigenvalue weighted by Gasteiger charge is 2.40. The van der Waals surface area contributed by atoms with Gasteiger partial charge in [-0.2, -0.15) is 0 Å². The van der Waals surface area contributed by atoms with Gasteiger partial charge in [-0.25, -0.2) is 4.98 Å². The number of nitro groups is 1. The highest BCUT2D eigenvalue weighted by atomic mass is 35.5. The van der Waals surface area contributed by atoms with E-state index in [9.17, 15) is 10.1 Å². The van der Waals surface area contributed by atoms with Crippen LogP contribution in [0.3, 0.4) is 0 Å². The minimum atomic E-state index is -0.273. The van der Waals surface area contributed by atoms with Crippen LogP contribution in [0.2, 0.25) is 4.47 Å². The molecule has 128 valence electrons. The van der Waals surface area contributed by atoms with Gasteiger partial charge >= 0.3 is 0 Å². The number of rotatable bonds is 7. The Balaban J connectivity index is 2.33. The second-order valence-electron chi connectivity index (χ2n) is 5.24. The maximum Gasteiger partial charge on any atom is 0.289 e. The molecule has 1 aliphatic rings. The Morgan fingerprint density at radius 1 is 1.61 bits per heavy atom. The van der Waals surface area contributed by atoms with Crippen LogP contribution in [-0.2, 0) is 11.3 Å². The third kappa shape index (κ3) is 3.94. The van der Waals surface area contributed by atoms with Crippen molar-refractivity contribution in [2.75, 3.05) is 13.7 Å². The number of hydrogen-bond acceptors (Lipinski definition) is 7. The van der Waals surface area contributed by atoms with Gasteiger partial charge in [0.15, 0.2) is 10.3 Å². The maximum absolute atomic E-state index is 11.6. The summed E-state index contributed by atoms with van der Waals surface area (Å²) in [6, 6.07) is 0. The van der Waals surface area contributed by atoms with Crippen molar-refractivity contribution in [3.63, 3.8) is 0 Å². The standard InChI is InChI=1S/C14H21ClN4O3S/c1-4-9-6-11(22-3)18(5-2)13(12(9)19(20)21)16-7-10-8-17-14(15)23-10/h8-9,11,16H,4-7H2,1-3H3. The fourth-order valence-electron chi connectivity index (χ4n) is 2.88. The van der Waals surface area contributed by atoms with Gasteiger partial charge in [0.25, 0.3) is 5.70 Å². The number of aromatic nitrogens is 1. The van der Waals surface area contributed by atoms with Gasteiger partial charge in [0.1, 0.15) is 6.23 Å². The molecule has 0 amide bonds. The number of nitrogens with zero attached hydrogens (tertiary/aromatic N) is 3. The van der Waals surface area contributed by atoms with E-state index in [1.807, 2.05) is 18.7 Å². The second-order valence-corrected chi connectivity index (χ2v) is 6.94. The predicted octanol–water partition coefficient (Wildman–Crippen LogP) is 3.06. The maximum atomic E-state index is 11.6. The van der Waals surface area contributed by atoms with Crippen LogP contribution in [0, 0.1) is 16.0 Å². The number of halogens is 1. The molecule has 0 fully saturated rings. The summed E-state index contributed by atoms with van der Waals surface area (Å²) < 4.78 is 6.00. The lowest BCUT2D eigenvalue weighted by molar-refractivity contribution is -0.440. The number of nitrogens with one attached hydrogen (secondary N) is 1. The Labute approximate surface area is 144 Å². The molecule has 2 unspecified atom stereocenters. The number of ether oxygens (including phenoxy) is 1. The largest absolute Gasteiger partial charge is 0.362 e. The van der Waals surface area contributed by atoms with E-state index in [1.165, 1.54) is 11.3 Å². The van der Waals surface area contributed by atoms with E-state index in [0.29, 0.717) is 36.2 Å². The lowest BCUT2D eigenvalue weighted by Gasteiger charge is -2.39. The van der Waals surface area contributed by atoms with Crippen LogP contribution in [0.5, 0.6) is 0 Å². The molecular weight excluding hydrogens is 340 g/mol. The molecule has 23 heavy (non-hydrogen) atoms. The summed E-state index contributed by atoms with van der Waals surface area (Å²) in [6.45, 7) is 4.99. The van der Waals surface area contributed by atoms with Crippen molar-refractivity contribution in [1.29, 1.82) is 0 Å². The number of allylic oxidation sites excluding steroid dienone is 1. The second kappa shape index (κ2) is 7.94. The van der Waals surface area contributed by atoms with Crippen LogP contribution in [-0.4, -0.2) is 34.7 Å². The van der Waals surface area contributed by atoms with E-state index in [1.54, 1.807) is 13.3 Å². The minimum Gasteiger partial charge on any atom is -0.362 e. The van der Waals surface area contributed by atoms with Gasteiger partial charge in [-0.3, -0.25) is 10.1 Å². The Kier molecular flexibility index (Phi) is 6.20. The number of hydrogen-bond donors (Lipinski definition) is 1. The summed E-state index contributed by atoms with van der Waals surface area (Å²) in [5, 5.41) is 14.8. The monoisotopic (exact) mass is 360 g/mol. The molecule has 0 aromatic carbocycles. The SMILES string of the molecule is CCC1CC(OC)N(CC)C(NCc2cnc(Cl)s2)=C1[N+](=O)[O-]. The minimum absolute atomic E-state index is 0.134. The Morgan fingerprint density at radius 3 is 2.83 bits per heavy atom. The zero-order valence-corrected chi connectivity index (χ0v) is 15.0. The first-order valence-corrected chi connectivity index (χ1v) is 8.73. The van der Waals surface area contributed by atoms with Crippen LogP contribution in [0.25, 0.3) is 0 Å². The van der Waals surface area contributed by atoms with Crippen molar-refractivity contribution < 1.29 is 9.66 Å². The van der Waals surface area contributed by atoms with Crippen molar-refractivity contribution in [2.45, 2.75) is 39.5 Å². The van der Waals surface area contributed by atoms with Crippen molar-refractivity contribution in [3.05, 3.63) is 37.2 Å². The van der Waals surface area contributed by atoms with Gasteiger partial charge in [-0.1, -0.05) is 18.5 Å². The molecule has 0 saturated heterocycles. The molecule has 0 spiro atoms. The molecule has 0 radical (unpaired) electrons. The van der Waals surface area contributed by atoms with Crippen LogP contribution >= 0.6 is 22.9 Å². The molecular formula is C14H21ClN4O3S. The van der Waals surface area contributed by atoms with Gasteiger partial charge in [-0.05, 0) is 13.3 Å². The fourth-order valence-corrected chi connectivity index (χ4v) is 3.79. The quantitative estimate of drug-likeness (QED) is 0.594. The van der Waals surface area contributed by atoms with Gasteiger partial charge < -0.3 is 15.0 Å². The molecule has 0 aliphatic carbocycles. The Hall–Kier alpha value is -1.38. The summed E-state index contributed by atoms with van der Waals surface area (Å²) in [6.07, 6.45) is 2.83. The van der Waals surface area contributed by atoms with E-state index in [0.717, 1.165) is 4.88 Å². The molecule has 7 nitrogen and oxygen atoms in total. The Bertz CT molecular complexity index is 592. The average molecular weight is 361 g/mol. The fraction of sp³-hybridized carbons (Fsp3) is 0.643. The highest BCUT2D eigenvalue weighted by Crippen LogP contribution is 2.33. The first kappa shape index (κ1) is 18.0. The van der Waals surface area contributed by atoms with E-state index >= 15 is 0 Å². The van der Waals surface area contributed by atoms with Gasteiger partial charge in [0.2, 0.25) is 0 Å². The molecule has 0 saturated carbocycles. The van der Waals surface area contributed by atoms with Crippen LogP contribution in [0.4, 0.5) is 0 Å². The van der Waals surface area contributed by atoms with Crippen molar-refractivity contribution >= 4 is 22.9 Å². The van der Waals surface area contributed by atoms with Crippen molar-refractivity contribution in [3.8, 4) is 0 Å². The summed E-state index contributed by atoms with van der Waals surface area (Å²) in [5.41, 5.74) is 0.235. The van der Waals surface area contributed by atoms with Crippen LogP contribution in [0.15, 0.2) is 17.7 Å². The first-order valence-electron chi connectivity index (χ1n) is 7.53. The molecule has 1 aliphatic heterocycles. The summed E-state index contributed by atoms with van der Waals surface area (Å²) >= 11 is 7.19. The molecule has 2 heterocycles. The third-order valence-corrected chi connectivity index (χ3v) is 5.12. The average Bonchev–Trinajstić information content (AvgIpc) is 2.96. The molecule has 0 bridgehead atoms. The smallest absolute Gasteiger partial charge is 0.289 e. The number of methoxy groups -OCH3 is 1. The van der Waals surface area contributed by atoms with Crippen LogP contribution in [0.1, 0.15) is 31.6 Å². The summed E-state index contributed by atoms with van der Waals surface area (Å²) in [5.74, 6) is 0.400.